The lowest BCUT2D eigenvalue weighted by atomic mass is 9.88. The van der Waals surface area contributed by atoms with E-state index in [0.717, 1.165) is 49.1 Å². The zero-order valence-electron chi connectivity index (χ0n) is 17.4. The molecule has 156 valence electrons. The number of carbonyl (C=O) groups is 2. The fourth-order valence-electron chi connectivity index (χ4n) is 4.24. The van der Waals surface area contributed by atoms with E-state index in [-0.39, 0.29) is 23.7 Å². The standard InChI is InChI=1S/C25H29N3O2/c1-17(27-28-25(30)23-16-22(23)19-8-4-2-5-9-19)18-12-14-21(15-13-18)26-24(29)20-10-6-3-7-11-20/h2,4-5,8-9,12-15,20,22-23H,3,6-7,10-11,16H2,1H3,(H,26,29)(H,28,30)/b27-17+/t22-,23+/m0/s1. The highest BCUT2D eigenvalue weighted by Crippen LogP contribution is 2.47. The number of amides is 2. The van der Waals surface area contributed by atoms with Crippen LogP contribution in [0.5, 0.6) is 0 Å². The Kier molecular flexibility index (Phi) is 6.26. The molecule has 4 rings (SSSR count). The van der Waals surface area contributed by atoms with E-state index in [1.54, 1.807) is 0 Å². The van der Waals surface area contributed by atoms with E-state index >= 15 is 0 Å². The molecule has 2 fully saturated rings. The van der Waals surface area contributed by atoms with Gasteiger partial charge in [-0.2, -0.15) is 5.10 Å². The largest absolute Gasteiger partial charge is 0.326 e. The average Bonchev–Trinajstić information content (AvgIpc) is 3.60. The van der Waals surface area contributed by atoms with Gasteiger partial charge in [0.25, 0.3) is 0 Å². The van der Waals surface area contributed by atoms with E-state index in [4.69, 9.17) is 0 Å². The van der Waals surface area contributed by atoms with Gasteiger partial charge in [0.15, 0.2) is 0 Å². The number of anilines is 1. The molecule has 0 aromatic heterocycles. The van der Waals surface area contributed by atoms with Crippen molar-refractivity contribution in [2.45, 2.75) is 51.4 Å². The summed E-state index contributed by atoms with van der Waals surface area (Å²) < 4.78 is 0. The maximum Gasteiger partial charge on any atom is 0.243 e. The van der Waals surface area contributed by atoms with Crippen LogP contribution in [0.3, 0.4) is 0 Å². The quantitative estimate of drug-likeness (QED) is 0.535. The number of hydrogen-bond acceptors (Lipinski definition) is 3. The predicted octanol–water partition coefficient (Wildman–Crippen LogP) is 4.85. The van der Waals surface area contributed by atoms with Gasteiger partial charge in [0, 0.05) is 17.5 Å². The zero-order chi connectivity index (χ0) is 20.9. The highest BCUT2D eigenvalue weighted by molar-refractivity contribution is 6.00. The first kappa shape index (κ1) is 20.3. The summed E-state index contributed by atoms with van der Waals surface area (Å²) in [5, 5.41) is 7.30. The van der Waals surface area contributed by atoms with Crippen molar-refractivity contribution >= 4 is 23.2 Å². The molecule has 2 atom stereocenters. The van der Waals surface area contributed by atoms with Crippen molar-refractivity contribution in [2.24, 2.45) is 16.9 Å². The number of nitrogens with one attached hydrogen (secondary N) is 2. The van der Waals surface area contributed by atoms with Crippen LogP contribution in [0.1, 0.15) is 62.5 Å². The van der Waals surface area contributed by atoms with E-state index in [2.05, 4.69) is 28.0 Å². The highest BCUT2D eigenvalue weighted by Gasteiger charge is 2.43. The summed E-state index contributed by atoms with van der Waals surface area (Å²) in [6, 6.07) is 17.8. The molecular weight excluding hydrogens is 374 g/mol. The van der Waals surface area contributed by atoms with Crippen LogP contribution in [-0.2, 0) is 9.59 Å². The summed E-state index contributed by atoms with van der Waals surface area (Å²) in [5.74, 6) is 0.534. The number of carbonyl (C=O) groups excluding carboxylic acids is 2. The Morgan fingerprint density at radius 3 is 2.30 bits per heavy atom. The van der Waals surface area contributed by atoms with Crippen molar-refractivity contribution in [1.29, 1.82) is 0 Å². The third-order valence-corrected chi connectivity index (χ3v) is 6.23. The molecule has 30 heavy (non-hydrogen) atoms. The lowest BCUT2D eigenvalue weighted by molar-refractivity contribution is -0.122. The lowest BCUT2D eigenvalue weighted by Crippen LogP contribution is -2.24. The summed E-state index contributed by atoms with van der Waals surface area (Å²) in [5.41, 5.74) is 6.38. The van der Waals surface area contributed by atoms with Crippen LogP contribution in [0.2, 0.25) is 0 Å². The Hall–Kier alpha value is -2.95. The van der Waals surface area contributed by atoms with Gasteiger partial charge in [0.05, 0.1) is 5.71 Å². The molecule has 0 aliphatic heterocycles. The van der Waals surface area contributed by atoms with E-state index in [0.29, 0.717) is 5.92 Å². The topological polar surface area (TPSA) is 70.6 Å². The average molecular weight is 404 g/mol. The van der Waals surface area contributed by atoms with E-state index in [1.807, 2.05) is 49.4 Å². The molecule has 2 amide bonds. The molecule has 0 heterocycles. The molecule has 0 unspecified atom stereocenters. The predicted molar refractivity (Wildman–Crippen MR) is 119 cm³/mol. The van der Waals surface area contributed by atoms with Crippen molar-refractivity contribution in [3.63, 3.8) is 0 Å². The SMILES string of the molecule is C/C(=N\NC(=O)[C@@H]1C[C@H]1c1ccccc1)c1ccc(NC(=O)C2CCCCC2)cc1. The third kappa shape index (κ3) is 4.96. The number of hydrogen-bond donors (Lipinski definition) is 2. The Morgan fingerprint density at radius 1 is 0.900 bits per heavy atom. The van der Waals surface area contributed by atoms with E-state index < -0.39 is 0 Å². The first-order valence-corrected chi connectivity index (χ1v) is 10.9. The van der Waals surface area contributed by atoms with Crippen LogP contribution in [0.25, 0.3) is 0 Å². The van der Waals surface area contributed by atoms with Gasteiger partial charge >= 0.3 is 0 Å². The van der Waals surface area contributed by atoms with Gasteiger partial charge < -0.3 is 5.32 Å². The molecule has 0 bridgehead atoms. The summed E-state index contributed by atoms with van der Waals surface area (Å²) in [6.45, 7) is 1.87. The summed E-state index contributed by atoms with van der Waals surface area (Å²) in [4.78, 5) is 24.8. The molecule has 2 aliphatic rings. The van der Waals surface area contributed by atoms with Gasteiger partial charge in [-0.05, 0) is 55.4 Å². The zero-order valence-corrected chi connectivity index (χ0v) is 17.4. The molecule has 2 saturated carbocycles. The summed E-state index contributed by atoms with van der Waals surface area (Å²) in [7, 11) is 0. The number of rotatable bonds is 6. The minimum absolute atomic E-state index is 0.00123. The van der Waals surface area contributed by atoms with Gasteiger partial charge in [-0.1, -0.05) is 61.7 Å². The molecular formula is C25H29N3O2. The van der Waals surface area contributed by atoms with Gasteiger partial charge in [-0.15, -0.1) is 0 Å². The number of hydrazone groups is 1. The van der Waals surface area contributed by atoms with Crippen LogP contribution in [0.4, 0.5) is 5.69 Å². The second kappa shape index (κ2) is 9.24. The molecule has 2 aromatic rings. The fourth-order valence-corrected chi connectivity index (χ4v) is 4.24. The molecule has 0 radical (unpaired) electrons. The van der Waals surface area contributed by atoms with Crippen molar-refractivity contribution in [3.8, 4) is 0 Å². The summed E-state index contributed by atoms with van der Waals surface area (Å²) >= 11 is 0. The maximum atomic E-state index is 12.4. The fraction of sp³-hybridized carbons (Fsp3) is 0.400. The van der Waals surface area contributed by atoms with Crippen molar-refractivity contribution in [1.82, 2.24) is 5.43 Å². The molecule has 2 aliphatic carbocycles. The molecule has 0 saturated heterocycles. The van der Waals surface area contributed by atoms with Crippen LogP contribution in [0, 0.1) is 11.8 Å². The first-order valence-electron chi connectivity index (χ1n) is 10.9. The third-order valence-electron chi connectivity index (χ3n) is 6.23. The van der Waals surface area contributed by atoms with Gasteiger partial charge in [0.2, 0.25) is 11.8 Å². The van der Waals surface area contributed by atoms with Gasteiger partial charge in [-0.3, -0.25) is 9.59 Å². The second-order valence-corrected chi connectivity index (χ2v) is 8.43. The monoisotopic (exact) mass is 403 g/mol. The molecule has 5 nitrogen and oxygen atoms in total. The normalized spacial score (nSPS) is 21.7. The Morgan fingerprint density at radius 2 is 1.60 bits per heavy atom. The first-order chi connectivity index (χ1) is 14.6. The van der Waals surface area contributed by atoms with Crippen molar-refractivity contribution in [2.75, 3.05) is 5.32 Å². The van der Waals surface area contributed by atoms with E-state index in [1.165, 1.54) is 12.0 Å². The molecule has 5 heteroatoms. The highest BCUT2D eigenvalue weighted by atomic mass is 16.2. The lowest BCUT2D eigenvalue weighted by Gasteiger charge is -2.20. The minimum Gasteiger partial charge on any atom is -0.326 e. The maximum absolute atomic E-state index is 12.4. The van der Waals surface area contributed by atoms with Crippen LogP contribution >= 0.6 is 0 Å². The van der Waals surface area contributed by atoms with Gasteiger partial charge in [-0.25, -0.2) is 5.43 Å². The Bertz CT molecular complexity index is 915. The minimum atomic E-state index is -0.0282. The van der Waals surface area contributed by atoms with Crippen LogP contribution in [0.15, 0.2) is 59.7 Å². The van der Waals surface area contributed by atoms with Crippen molar-refractivity contribution < 1.29 is 9.59 Å². The molecule has 2 N–H and O–H groups in total. The molecule has 0 spiro atoms. The number of benzene rings is 2. The van der Waals surface area contributed by atoms with E-state index in [9.17, 15) is 9.59 Å². The smallest absolute Gasteiger partial charge is 0.243 e. The van der Waals surface area contributed by atoms with Crippen molar-refractivity contribution in [3.05, 3.63) is 65.7 Å². The van der Waals surface area contributed by atoms with Crippen LogP contribution in [-0.4, -0.2) is 17.5 Å². The number of nitrogens with zero attached hydrogens (tertiary/aromatic N) is 1. The van der Waals surface area contributed by atoms with Gasteiger partial charge in [0.1, 0.15) is 0 Å². The summed E-state index contributed by atoms with van der Waals surface area (Å²) in [6.07, 6.45) is 6.38. The molecule has 2 aromatic carbocycles. The second-order valence-electron chi connectivity index (χ2n) is 8.43. The Balaban J connectivity index is 1.29. The Labute approximate surface area is 178 Å². The van der Waals surface area contributed by atoms with Crippen LogP contribution < -0.4 is 10.7 Å².